The molecule has 3 heterocycles. The maximum Gasteiger partial charge on any atom is 0.264 e. The number of benzene rings is 1. The van der Waals surface area contributed by atoms with Gasteiger partial charge in [0.2, 0.25) is 0 Å². The highest BCUT2D eigenvalue weighted by atomic mass is 32.2. The molecule has 0 N–H and O–H groups in total. The summed E-state index contributed by atoms with van der Waals surface area (Å²) < 4.78 is 31.2. The van der Waals surface area contributed by atoms with Crippen molar-refractivity contribution >= 4 is 26.7 Å². The van der Waals surface area contributed by atoms with E-state index < -0.39 is 9.84 Å². The molecule has 0 aliphatic carbocycles. The molecule has 146 valence electrons. The number of carbonyl (C=O) groups is 1. The zero-order chi connectivity index (χ0) is 19.9. The highest BCUT2D eigenvalue weighted by Crippen LogP contribution is 2.25. The van der Waals surface area contributed by atoms with Crippen LogP contribution in [0.25, 0.3) is 11.0 Å². The fourth-order valence-electron chi connectivity index (χ4n) is 3.34. The Morgan fingerprint density at radius 2 is 2.04 bits per heavy atom. The maximum absolute atomic E-state index is 12.7. The van der Waals surface area contributed by atoms with Crippen molar-refractivity contribution in [3.05, 3.63) is 52.7 Å². The standard InChI is InChI=1S/C18H18N4O5S/c1-27-14-4-2-12(3-5-14)16(23)9-21-11-19-17-15(18(21)24)8-20-22(17)13-6-7-28(25,26)10-13/h2-5,8,11,13H,6-7,9-10H2,1H3/t13-/m1/s1. The first-order chi connectivity index (χ1) is 13.4. The van der Waals surface area contributed by atoms with Gasteiger partial charge in [-0.3, -0.25) is 14.2 Å². The van der Waals surface area contributed by atoms with E-state index >= 15 is 0 Å². The third kappa shape index (κ3) is 3.31. The number of aromatic nitrogens is 4. The van der Waals surface area contributed by atoms with E-state index in [1.54, 1.807) is 31.4 Å². The molecule has 0 spiro atoms. The Hall–Kier alpha value is -3.01. The van der Waals surface area contributed by atoms with Crippen molar-refractivity contribution in [3.63, 3.8) is 0 Å². The Labute approximate surface area is 160 Å². The van der Waals surface area contributed by atoms with Gasteiger partial charge in [0.05, 0.1) is 37.4 Å². The SMILES string of the molecule is COc1ccc(C(=O)Cn2cnc3c(cnn3[C@@H]3CCS(=O)(=O)C3)c2=O)cc1. The number of rotatable bonds is 5. The molecule has 1 atom stereocenters. The number of ether oxygens (including phenoxy) is 1. The molecular formula is C18H18N4O5S. The van der Waals surface area contributed by atoms with Gasteiger partial charge in [-0.15, -0.1) is 0 Å². The van der Waals surface area contributed by atoms with Crippen LogP contribution < -0.4 is 10.3 Å². The molecule has 28 heavy (non-hydrogen) atoms. The Morgan fingerprint density at radius 1 is 1.29 bits per heavy atom. The summed E-state index contributed by atoms with van der Waals surface area (Å²) in [5, 5.41) is 4.44. The molecule has 0 amide bonds. The number of methoxy groups -OCH3 is 1. The summed E-state index contributed by atoms with van der Waals surface area (Å²) in [4.78, 5) is 29.5. The number of fused-ring (bicyclic) bond motifs is 1. The molecule has 9 nitrogen and oxygen atoms in total. The Bertz CT molecular complexity index is 1210. The van der Waals surface area contributed by atoms with Crippen LogP contribution in [0.3, 0.4) is 0 Å². The number of nitrogens with zero attached hydrogens (tertiary/aromatic N) is 4. The molecule has 2 aromatic heterocycles. The van der Waals surface area contributed by atoms with E-state index in [-0.39, 0.29) is 40.8 Å². The average molecular weight is 402 g/mol. The lowest BCUT2D eigenvalue weighted by Crippen LogP contribution is -2.25. The zero-order valence-corrected chi connectivity index (χ0v) is 15.9. The fourth-order valence-corrected chi connectivity index (χ4v) is 5.03. The van der Waals surface area contributed by atoms with Crippen LogP contribution in [0.4, 0.5) is 0 Å². The van der Waals surface area contributed by atoms with Crippen molar-refractivity contribution in [3.8, 4) is 5.75 Å². The predicted octanol–water partition coefficient (Wildman–Crippen LogP) is 0.844. The Morgan fingerprint density at radius 3 is 2.68 bits per heavy atom. The van der Waals surface area contributed by atoms with Gasteiger partial charge in [-0.25, -0.2) is 18.1 Å². The molecular weight excluding hydrogens is 384 g/mol. The predicted molar refractivity (Wildman–Crippen MR) is 101 cm³/mol. The zero-order valence-electron chi connectivity index (χ0n) is 15.1. The van der Waals surface area contributed by atoms with Crippen LogP contribution in [0.15, 0.2) is 41.6 Å². The van der Waals surface area contributed by atoms with Crippen molar-refractivity contribution < 1.29 is 17.9 Å². The lowest BCUT2D eigenvalue weighted by molar-refractivity contribution is 0.0970. The molecule has 10 heteroatoms. The molecule has 1 aliphatic heterocycles. The van der Waals surface area contributed by atoms with Crippen LogP contribution in [-0.2, 0) is 16.4 Å². The third-order valence-corrected chi connectivity index (χ3v) is 6.61. The second-order valence-electron chi connectivity index (χ2n) is 6.71. The number of ketones is 1. The van der Waals surface area contributed by atoms with Gasteiger partial charge < -0.3 is 4.74 Å². The lowest BCUT2D eigenvalue weighted by Gasteiger charge is -2.10. The van der Waals surface area contributed by atoms with E-state index in [2.05, 4.69) is 10.1 Å². The van der Waals surface area contributed by atoms with Gasteiger partial charge in [0.1, 0.15) is 17.5 Å². The van der Waals surface area contributed by atoms with Crippen molar-refractivity contribution in [2.75, 3.05) is 18.6 Å². The van der Waals surface area contributed by atoms with Gasteiger partial charge in [-0.2, -0.15) is 5.10 Å². The quantitative estimate of drug-likeness (QED) is 0.581. The number of sulfone groups is 1. The molecule has 0 radical (unpaired) electrons. The number of hydrogen-bond acceptors (Lipinski definition) is 7. The second kappa shape index (κ2) is 6.86. The van der Waals surface area contributed by atoms with E-state index in [9.17, 15) is 18.0 Å². The molecule has 1 fully saturated rings. The van der Waals surface area contributed by atoms with E-state index in [4.69, 9.17) is 4.74 Å². The van der Waals surface area contributed by atoms with Gasteiger partial charge >= 0.3 is 0 Å². The lowest BCUT2D eigenvalue weighted by atomic mass is 10.1. The summed E-state index contributed by atoms with van der Waals surface area (Å²) in [5.41, 5.74) is 0.402. The summed E-state index contributed by atoms with van der Waals surface area (Å²) in [7, 11) is -1.55. The summed E-state index contributed by atoms with van der Waals surface area (Å²) in [6, 6.07) is 6.30. The first-order valence-corrected chi connectivity index (χ1v) is 10.5. The monoisotopic (exact) mass is 402 g/mol. The number of hydrogen-bond donors (Lipinski definition) is 0. The minimum atomic E-state index is -3.09. The van der Waals surface area contributed by atoms with Gasteiger partial charge in [-0.1, -0.05) is 0 Å². The summed E-state index contributed by atoms with van der Waals surface area (Å²) >= 11 is 0. The minimum Gasteiger partial charge on any atom is -0.497 e. The van der Waals surface area contributed by atoms with Crippen molar-refractivity contribution in [1.82, 2.24) is 19.3 Å². The maximum atomic E-state index is 12.7. The number of carbonyl (C=O) groups excluding carboxylic acids is 1. The van der Waals surface area contributed by atoms with E-state index in [1.165, 1.54) is 21.8 Å². The summed E-state index contributed by atoms with van der Waals surface area (Å²) in [6.45, 7) is -0.156. The van der Waals surface area contributed by atoms with Crippen LogP contribution in [0.5, 0.6) is 5.75 Å². The first-order valence-electron chi connectivity index (χ1n) is 8.68. The molecule has 0 bridgehead atoms. The highest BCUT2D eigenvalue weighted by Gasteiger charge is 2.31. The fraction of sp³-hybridized carbons (Fsp3) is 0.333. The van der Waals surface area contributed by atoms with Crippen LogP contribution in [0.1, 0.15) is 22.8 Å². The van der Waals surface area contributed by atoms with E-state index in [0.717, 1.165) is 0 Å². The topological polar surface area (TPSA) is 113 Å². The van der Waals surface area contributed by atoms with E-state index in [1.807, 2.05) is 0 Å². The molecule has 1 aromatic carbocycles. The van der Waals surface area contributed by atoms with Gasteiger partial charge in [0.15, 0.2) is 21.3 Å². The van der Waals surface area contributed by atoms with Crippen LogP contribution >= 0.6 is 0 Å². The van der Waals surface area contributed by atoms with Gasteiger partial charge in [0, 0.05) is 5.56 Å². The summed E-state index contributed by atoms with van der Waals surface area (Å²) in [5.74, 6) is 0.495. The smallest absolute Gasteiger partial charge is 0.264 e. The second-order valence-corrected chi connectivity index (χ2v) is 8.94. The molecule has 1 saturated heterocycles. The third-order valence-electron chi connectivity index (χ3n) is 4.86. The van der Waals surface area contributed by atoms with Gasteiger partial charge in [-0.05, 0) is 30.7 Å². The molecule has 4 rings (SSSR count). The normalized spacial score (nSPS) is 18.4. The molecule has 1 aliphatic rings. The largest absolute Gasteiger partial charge is 0.497 e. The minimum absolute atomic E-state index is 0.00942. The number of Topliss-reactive ketones (excluding diaryl/α,β-unsaturated/α-hetero) is 1. The van der Waals surface area contributed by atoms with Crippen molar-refractivity contribution in [1.29, 1.82) is 0 Å². The highest BCUT2D eigenvalue weighted by molar-refractivity contribution is 7.91. The van der Waals surface area contributed by atoms with Gasteiger partial charge in [0.25, 0.3) is 5.56 Å². The average Bonchev–Trinajstić information content (AvgIpc) is 3.27. The Kier molecular flexibility index (Phi) is 4.50. The molecule has 0 unspecified atom stereocenters. The Balaban J connectivity index is 1.61. The van der Waals surface area contributed by atoms with Crippen molar-refractivity contribution in [2.45, 2.75) is 19.0 Å². The molecule has 3 aromatic rings. The first kappa shape index (κ1) is 18.4. The van der Waals surface area contributed by atoms with E-state index in [0.29, 0.717) is 23.4 Å². The van der Waals surface area contributed by atoms with Crippen molar-refractivity contribution in [2.24, 2.45) is 0 Å². The summed E-state index contributed by atoms with van der Waals surface area (Å²) in [6.07, 6.45) is 3.12. The van der Waals surface area contributed by atoms with Crippen LogP contribution in [0, 0.1) is 0 Å². The van der Waals surface area contributed by atoms with Crippen LogP contribution in [-0.4, -0.2) is 52.1 Å². The molecule has 0 saturated carbocycles. The van der Waals surface area contributed by atoms with Crippen LogP contribution in [0.2, 0.25) is 0 Å².